The van der Waals surface area contributed by atoms with Crippen LogP contribution in [0.1, 0.15) is 11.1 Å². The van der Waals surface area contributed by atoms with Crippen LogP contribution in [0.5, 0.6) is 5.75 Å². The summed E-state index contributed by atoms with van der Waals surface area (Å²) in [7, 11) is 1.93. The van der Waals surface area contributed by atoms with E-state index in [0.29, 0.717) is 18.1 Å². The Balaban J connectivity index is 1.52. The van der Waals surface area contributed by atoms with E-state index < -0.39 is 0 Å². The molecule has 0 aliphatic carbocycles. The minimum atomic E-state index is 0.595. The number of aromatic nitrogens is 4. The Kier molecular flexibility index (Phi) is 2.73. The second-order valence-electron chi connectivity index (χ2n) is 5.15. The van der Waals surface area contributed by atoms with Crippen LogP contribution in [0.3, 0.4) is 0 Å². The Morgan fingerprint density at radius 1 is 1.33 bits per heavy atom. The van der Waals surface area contributed by atoms with Crippen LogP contribution in [0.15, 0.2) is 30.7 Å². The van der Waals surface area contributed by atoms with Crippen LogP contribution < -0.4 is 10.1 Å². The average molecular weight is 281 g/mol. The van der Waals surface area contributed by atoms with Crippen molar-refractivity contribution in [1.29, 1.82) is 0 Å². The van der Waals surface area contributed by atoms with Crippen LogP contribution in [0.25, 0.3) is 11.2 Å². The Hall–Kier alpha value is -2.63. The van der Waals surface area contributed by atoms with Crippen molar-refractivity contribution in [3.05, 3.63) is 41.9 Å². The van der Waals surface area contributed by atoms with E-state index in [9.17, 15) is 0 Å². The molecule has 3 heterocycles. The number of nitrogens with zero attached hydrogens (tertiary/aromatic N) is 4. The molecule has 1 aliphatic rings. The number of hydrogen-bond acceptors (Lipinski definition) is 5. The molecule has 1 aliphatic heterocycles. The summed E-state index contributed by atoms with van der Waals surface area (Å²) in [5, 5.41) is 3.24. The molecule has 0 saturated heterocycles. The minimum absolute atomic E-state index is 0.595. The fourth-order valence-electron chi connectivity index (χ4n) is 2.53. The van der Waals surface area contributed by atoms with E-state index in [4.69, 9.17) is 4.74 Å². The first-order valence-electron chi connectivity index (χ1n) is 6.92. The van der Waals surface area contributed by atoms with E-state index in [1.165, 1.54) is 11.1 Å². The normalized spacial score (nSPS) is 13.2. The van der Waals surface area contributed by atoms with Crippen molar-refractivity contribution in [3.63, 3.8) is 0 Å². The molecule has 0 spiro atoms. The molecule has 0 atom stereocenters. The van der Waals surface area contributed by atoms with Gasteiger partial charge >= 0.3 is 0 Å². The molecule has 21 heavy (non-hydrogen) atoms. The number of nitrogens with one attached hydrogen (secondary N) is 1. The van der Waals surface area contributed by atoms with Gasteiger partial charge in [0.05, 0.1) is 19.1 Å². The van der Waals surface area contributed by atoms with Gasteiger partial charge in [0, 0.05) is 20.0 Å². The molecular weight excluding hydrogens is 266 g/mol. The SMILES string of the molecule is Cn1cnc2nc(NCc3ccc4c(c3)CCO4)ncc21. The van der Waals surface area contributed by atoms with Crippen molar-refractivity contribution in [2.45, 2.75) is 13.0 Å². The smallest absolute Gasteiger partial charge is 0.225 e. The van der Waals surface area contributed by atoms with Gasteiger partial charge in [-0.1, -0.05) is 12.1 Å². The lowest BCUT2D eigenvalue weighted by Crippen LogP contribution is -2.04. The van der Waals surface area contributed by atoms with Crippen molar-refractivity contribution in [1.82, 2.24) is 19.5 Å². The van der Waals surface area contributed by atoms with E-state index in [1.54, 1.807) is 12.5 Å². The third-order valence-electron chi connectivity index (χ3n) is 3.69. The summed E-state index contributed by atoms with van der Waals surface area (Å²) in [6.07, 6.45) is 4.51. The number of imidazole rings is 1. The van der Waals surface area contributed by atoms with Gasteiger partial charge in [0.25, 0.3) is 0 Å². The summed E-state index contributed by atoms with van der Waals surface area (Å²) >= 11 is 0. The van der Waals surface area contributed by atoms with Gasteiger partial charge in [-0.3, -0.25) is 0 Å². The van der Waals surface area contributed by atoms with Crippen molar-refractivity contribution >= 4 is 17.1 Å². The van der Waals surface area contributed by atoms with Gasteiger partial charge in [-0.2, -0.15) is 4.98 Å². The predicted molar refractivity (Wildman–Crippen MR) is 79.3 cm³/mol. The predicted octanol–water partition coefficient (Wildman–Crippen LogP) is 1.91. The highest BCUT2D eigenvalue weighted by atomic mass is 16.5. The Bertz CT molecular complexity index is 811. The minimum Gasteiger partial charge on any atom is -0.493 e. The fourth-order valence-corrected chi connectivity index (χ4v) is 2.53. The number of aryl methyl sites for hydroxylation is 1. The molecule has 1 aromatic carbocycles. The zero-order valence-corrected chi connectivity index (χ0v) is 11.7. The molecule has 0 fully saturated rings. The summed E-state index contributed by atoms with van der Waals surface area (Å²) in [6, 6.07) is 6.27. The molecule has 4 rings (SSSR count). The second kappa shape index (κ2) is 4.73. The fraction of sp³-hybridized carbons (Fsp3) is 0.267. The van der Waals surface area contributed by atoms with Crippen LogP contribution in [0, 0.1) is 0 Å². The lowest BCUT2D eigenvalue weighted by atomic mass is 10.1. The first kappa shape index (κ1) is 12.1. The van der Waals surface area contributed by atoms with Gasteiger partial charge in [0.1, 0.15) is 11.3 Å². The van der Waals surface area contributed by atoms with E-state index in [-0.39, 0.29) is 0 Å². The third kappa shape index (κ3) is 2.18. The second-order valence-corrected chi connectivity index (χ2v) is 5.15. The summed E-state index contributed by atoms with van der Waals surface area (Å²) in [4.78, 5) is 13.0. The highest BCUT2D eigenvalue weighted by Gasteiger charge is 2.12. The Morgan fingerprint density at radius 2 is 2.29 bits per heavy atom. The van der Waals surface area contributed by atoms with Crippen LogP contribution in [-0.2, 0) is 20.0 Å². The molecule has 106 valence electrons. The van der Waals surface area contributed by atoms with Crippen molar-refractivity contribution in [2.75, 3.05) is 11.9 Å². The molecule has 0 radical (unpaired) electrons. The maximum Gasteiger partial charge on any atom is 0.225 e. The molecule has 0 saturated carbocycles. The summed E-state index contributed by atoms with van der Waals surface area (Å²) < 4.78 is 7.41. The number of fused-ring (bicyclic) bond motifs is 2. The van der Waals surface area contributed by atoms with Crippen molar-refractivity contribution in [2.24, 2.45) is 7.05 Å². The summed E-state index contributed by atoms with van der Waals surface area (Å²) in [5.74, 6) is 1.60. The topological polar surface area (TPSA) is 64.9 Å². The number of hydrogen-bond donors (Lipinski definition) is 1. The Labute approximate surface area is 121 Å². The largest absolute Gasteiger partial charge is 0.493 e. The van der Waals surface area contributed by atoms with Gasteiger partial charge in [-0.05, 0) is 17.2 Å². The zero-order chi connectivity index (χ0) is 14.2. The van der Waals surface area contributed by atoms with E-state index in [1.807, 2.05) is 17.7 Å². The molecule has 0 amide bonds. The average Bonchev–Trinajstić information content (AvgIpc) is 3.11. The molecule has 6 heteroatoms. The lowest BCUT2D eigenvalue weighted by molar-refractivity contribution is 0.357. The van der Waals surface area contributed by atoms with E-state index in [2.05, 4.69) is 32.4 Å². The van der Waals surface area contributed by atoms with E-state index in [0.717, 1.165) is 24.3 Å². The van der Waals surface area contributed by atoms with Gasteiger partial charge in [-0.15, -0.1) is 0 Å². The summed E-state index contributed by atoms with van der Waals surface area (Å²) in [5.41, 5.74) is 4.10. The third-order valence-corrected chi connectivity index (χ3v) is 3.69. The first-order chi connectivity index (χ1) is 10.3. The van der Waals surface area contributed by atoms with Gasteiger partial charge in [-0.25, -0.2) is 9.97 Å². The van der Waals surface area contributed by atoms with Crippen molar-refractivity contribution in [3.8, 4) is 5.75 Å². The van der Waals surface area contributed by atoms with Gasteiger partial charge in [0.2, 0.25) is 5.95 Å². The maximum absolute atomic E-state index is 5.51. The molecule has 6 nitrogen and oxygen atoms in total. The molecule has 0 unspecified atom stereocenters. The molecule has 1 N–H and O–H groups in total. The van der Waals surface area contributed by atoms with Crippen LogP contribution >= 0.6 is 0 Å². The number of anilines is 1. The molecular formula is C15H15N5O. The zero-order valence-electron chi connectivity index (χ0n) is 11.7. The molecule has 2 aromatic heterocycles. The monoisotopic (exact) mass is 281 g/mol. The Morgan fingerprint density at radius 3 is 3.24 bits per heavy atom. The molecule has 0 bridgehead atoms. The highest BCUT2D eigenvalue weighted by Crippen LogP contribution is 2.26. The van der Waals surface area contributed by atoms with Gasteiger partial charge < -0.3 is 14.6 Å². The number of rotatable bonds is 3. The van der Waals surface area contributed by atoms with Crippen LogP contribution in [0.2, 0.25) is 0 Å². The highest BCUT2D eigenvalue weighted by molar-refractivity contribution is 5.70. The summed E-state index contributed by atoms with van der Waals surface area (Å²) in [6.45, 7) is 1.47. The molecule has 3 aromatic rings. The first-order valence-corrected chi connectivity index (χ1v) is 6.92. The number of benzene rings is 1. The van der Waals surface area contributed by atoms with Crippen molar-refractivity contribution < 1.29 is 4.74 Å². The standard InChI is InChI=1S/C15H15N5O/c1-20-9-18-14-12(20)8-17-15(19-14)16-7-10-2-3-13-11(6-10)4-5-21-13/h2-3,6,8-9H,4-5,7H2,1H3,(H,16,17,19). The lowest BCUT2D eigenvalue weighted by Gasteiger charge is -2.06. The maximum atomic E-state index is 5.51. The van der Waals surface area contributed by atoms with E-state index >= 15 is 0 Å². The quantitative estimate of drug-likeness (QED) is 0.794. The van der Waals surface area contributed by atoms with Crippen LogP contribution in [0.4, 0.5) is 5.95 Å². The number of ether oxygens (including phenoxy) is 1. The van der Waals surface area contributed by atoms with Crippen LogP contribution in [-0.4, -0.2) is 26.1 Å². The van der Waals surface area contributed by atoms with Gasteiger partial charge in [0.15, 0.2) is 5.65 Å².